The van der Waals surface area contributed by atoms with E-state index in [1.165, 1.54) is 0 Å². The molecular weight excluding hydrogens is 304 g/mol. The molecule has 0 N–H and O–H groups in total. The molecule has 1 fully saturated rings. The molecule has 0 spiro atoms. The summed E-state index contributed by atoms with van der Waals surface area (Å²) in [6.07, 6.45) is 3.55. The number of nitrogens with zero attached hydrogens (tertiary/aromatic N) is 2. The number of aromatic nitrogens is 2. The molecule has 2 aromatic heterocycles. The summed E-state index contributed by atoms with van der Waals surface area (Å²) in [5.41, 5.74) is 2.28. The maximum absolute atomic E-state index is 12.8. The minimum Gasteiger partial charge on any atom is -0.359 e. The van der Waals surface area contributed by atoms with Crippen LogP contribution in [0.2, 0.25) is 0 Å². The zero-order valence-electron chi connectivity index (χ0n) is 13.7. The normalized spacial score (nSPS) is 14.2. The monoisotopic (exact) mass is 322 g/mol. The van der Waals surface area contributed by atoms with Crippen molar-refractivity contribution in [2.45, 2.75) is 33.2 Å². The fraction of sp³-hybridized carbons (Fsp3) is 0.316. The van der Waals surface area contributed by atoms with Crippen LogP contribution in [-0.4, -0.2) is 15.5 Å². The molecule has 2 heterocycles. The van der Waals surface area contributed by atoms with E-state index in [0.717, 1.165) is 29.5 Å². The minimum absolute atomic E-state index is 0.105. The number of benzene rings is 1. The zero-order valence-corrected chi connectivity index (χ0v) is 13.7. The summed E-state index contributed by atoms with van der Waals surface area (Å²) in [7, 11) is 0. The van der Waals surface area contributed by atoms with Gasteiger partial charge in [-0.3, -0.25) is 9.59 Å². The summed E-state index contributed by atoms with van der Waals surface area (Å²) in [6.45, 7) is 4.05. The molecule has 1 saturated carbocycles. The first-order valence-electron chi connectivity index (χ1n) is 8.13. The number of fused-ring (bicyclic) bond motifs is 1. The lowest BCUT2D eigenvalue weighted by atomic mass is 10.00. The van der Waals surface area contributed by atoms with E-state index in [1.807, 2.05) is 32.0 Å². The van der Waals surface area contributed by atoms with Gasteiger partial charge in [0.15, 0.2) is 11.5 Å². The van der Waals surface area contributed by atoms with Crippen LogP contribution in [0.15, 0.2) is 39.8 Å². The highest BCUT2D eigenvalue weighted by molar-refractivity contribution is 6.09. The Morgan fingerprint density at radius 2 is 2.04 bits per heavy atom. The third-order valence-corrected chi connectivity index (χ3v) is 4.46. The predicted molar refractivity (Wildman–Crippen MR) is 90.3 cm³/mol. The van der Waals surface area contributed by atoms with Gasteiger partial charge in [0.1, 0.15) is 0 Å². The second kappa shape index (κ2) is 5.44. The van der Waals surface area contributed by atoms with Gasteiger partial charge in [-0.25, -0.2) is 0 Å². The van der Waals surface area contributed by atoms with Crippen LogP contribution >= 0.6 is 0 Å². The molecule has 0 aliphatic heterocycles. The summed E-state index contributed by atoms with van der Waals surface area (Å²) >= 11 is 0. The third kappa shape index (κ3) is 2.56. The average molecular weight is 322 g/mol. The highest BCUT2D eigenvalue weighted by Gasteiger charge is 2.32. The van der Waals surface area contributed by atoms with Crippen LogP contribution in [0.5, 0.6) is 0 Å². The number of ketones is 1. The molecule has 1 aliphatic rings. The van der Waals surface area contributed by atoms with Crippen LogP contribution in [0.3, 0.4) is 0 Å². The number of aryl methyl sites for hydroxylation is 2. The van der Waals surface area contributed by atoms with Gasteiger partial charge in [-0.1, -0.05) is 22.9 Å². The lowest BCUT2D eigenvalue weighted by Gasteiger charge is -2.11. The largest absolute Gasteiger partial charge is 0.359 e. The van der Waals surface area contributed by atoms with E-state index < -0.39 is 0 Å². The first kappa shape index (κ1) is 14.9. The second-order valence-corrected chi connectivity index (χ2v) is 6.60. The van der Waals surface area contributed by atoms with E-state index in [1.54, 1.807) is 16.8 Å². The first-order chi connectivity index (χ1) is 11.5. The Morgan fingerprint density at radius 1 is 1.25 bits per heavy atom. The van der Waals surface area contributed by atoms with Crippen LogP contribution < -0.4 is 5.56 Å². The van der Waals surface area contributed by atoms with Gasteiger partial charge in [-0.05, 0) is 38.1 Å². The highest BCUT2D eigenvalue weighted by Crippen LogP contribution is 2.34. The Balaban J connectivity index is 1.91. The smallest absolute Gasteiger partial charge is 0.258 e. The molecule has 0 atom stereocenters. The van der Waals surface area contributed by atoms with Crippen molar-refractivity contribution in [1.29, 1.82) is 0 Å². The van der Waals surface area contributed by atoms with Crippen molar-refractivity contribution in [1.82, 2.24) is 9.72 Å². The van der Waals surface area contributed by atoms with Gasteiger partial charge < -0.3 is 9.09 Å². The van der Waals surface area contributed by atoms with E-state index in [2.05, 4.69) is 5.16 Å². The molecule has 1 aromatic carbocycles. The van der Waals surface area contributed by atoms with Gasteiger partial charge in [-0.15, -0.1) is 0 Å². The number of hydrogen-bond donors (Lipinski definition) is 0. The van der Waals surface area contributed by atoms with Gasteiger partial charge in [-0.2, -0.15) is 0 Å². The van der Waals surface area contributed by atoms with Gasteiger partial charge in [0.2, 0.25) is 0 Å². The van der Waals surface area contributed by atoms with E-state index in [0.29, 0.717) is 16.7 Å². The second-order valence-electron chi connectivity index (χ2n) is 6.60. The summed E-state index contributed by atoms with van der Waals surface area (Å²) in [4.78, 5) is 25.5. The quantitative estimate of drug-likeness (QED) is 0.692. The van der Waals surface area contributed by atoms with Crippen molar-refractivity contribution in [2.24, 2.45) is 5.92 Å². The van der Waals surface area contributed by atoms with Crippen LogP contribution in [-0.2, 0) is 6.54 Å². The topological polar surface area (TPSA) is 65.1 Å². The van der Waals surface area contributed by atoms with Gasteiger partial charge in [0, 0.05) is 29.1 Å². The summed E-state index contributed by atoms with van der Waals surface area (Å²) in [6, 6.07) is 7.47. The summed E-state index contributed by atoms with van der Waals surface area (Å²) in [5.74, 6) is 0.839. The summed E-state index contributed by atoms with van der Waals surface area (Å²) in [5, 5.41) is 5.18. The Morgan fingerprint density at radius 3 is 2.71 bits per heavy atom. The van der Waals surface area contributed by atoms with E-state index in [-0.39, 0.29) is 23.8 Å². The minimum atomic E-state index is -0.116. The molecule has 0 bridgehead atoms. The molecule has 0 unspecified atom stereocenters. The van der Waals surface area contributed by atoms with Crippen molar-refractivity contribution in [3.8, 4) is 0 Å². The Labute approximate surface area is 138 Å². The lowest BCUT2D eigenvalue weighted by Crippen LogP contribution is -2.23. The van der Waals surface area contributed by atoms with Gasteiger partial charge in [0.05, 0.1) is 12.2 Å². The SMILES string of the molecule is Cc1ccc2c(C(=O)C3CC3)cn(Cc3cc(C)no3)c(=O)c2c1. The van der Waals surface area contributed by atoms with E-state index in [4.69, 9.17) is 4.52 Å². The molecule has 4 rings (SSSR count). The lowest BCUT2D eigenvalue weighted by molar-refractivity contribution is 0.0968. The molecule has 0 saturated heterocycles. The van der Waals surface area contributed by atoms with E-state index in [9.17, 15) is 9.59 Å². The van der Waals surface area contributed by atoms with Crippen LogP contribution in [0.1, 0.15) is 40.2 Å². The fourth-order valence-electron chi connectivity index (χ4n) is 3.05. The number of carbonyl (C=O) groups is 1. The van der Waals surface area contributed by atoms with Crippen molar-refractivity contribution in [3.63, 3.8) is 0 Å². The summed E-state index contributed by atoms with van der Waals surface area (Å²) < 4.78 is 6.78. The molecular formula is C19H18N2O3. The first-order valence-corrected chi connectivity index (χ1v) is 8.13. The van der Waals surface area contributed by atoms with E-state index >= 15 is 0 Å². The van der Waals surface area contributed by atoms with Crippen molar-refractivity contribution in [2.75, 3.05) is 0 Å². The Hall–Kier alpha value is -2.69. The van der Waals surface area contributed by atoms with Gasteiger partial charge >= 0.3 is 0 Å². The molecule has 122 valence electrons. The molecule has 24 heavy (non-hydrogen) atoms. The standard InChI is InChI=1S/C19H18N2O3/c1-11-3-6-15-16(7-11)19(23)21(9-14-8-12(2)20-24-14)10-17(15)18(22)13-4-5-13/h3,6-8,10,13H,4-5,9H2,1-2H3. The number of carbonyl (C=O) groups excluding carboxylic acids is 1. The van der Waals surface area contributed by atoms with Crippen molar-refractivity contribution >= 4 is 16.6 Å². The Kier molecular flexibility index (Phi) is 3.37. The van der Waals surface area contributed by atoms with Crippen LogP contribution in [0, 0.1) is 19.8 Å². The maximum Gasteiger partial charge on any atom is 0.258 e. The number of Topliss-reactive ketones (excluding diaryl/α,β-unsaturated/α-hetero) is 1. The number of pyridine rings is 1. The Bertz CT molecular complexity index is 1010. The molecule has 0 amide bonds. The molecule has 1 aliphatic carbocycles. The number of hydrogen-bond acceptors (Lipinski definition) is 4. The van der Waals surface area contributed by atoms with Crippen LogP contribution in [0.4, 0.5) is 0 Å². The third-order valence-electron chi connectivity index (χ3n) is 4.46. The zero-order chi connectivity index (χ0) is 16.8. The molecule has 3 aromatic rings. The molecule has 5 nitrogen and oxygen atoms in total. The fourth-order valence-corrected chi connectivity index (χ4v) is 3.05. The predicted octanol–water partition coefficient (Wildman–Crippen LogP) is 3.25. The molecule has 0 radical (unpaired) electrons. The van der Waals surface area contributed by atoms with Crippen molar-refractivity contribution in [3.05, 3.63) is 63.4 Å². The number of rotatable bonds is 4. The van der Waals surface area contributed by atoms with Crippen molar-refractivity contribution < 1.29 is 9.32 Å². The average Bonchev–Trinajstić information content (AvgIpc) is 3.33. The van der Waals surface area contributed by atoms with Gasteiger partial charge in [0.25, 0.3) is 5.56 Å². The highest BCUT2D eigenvalue weighted by atomic mass is 16.5. The molecule has 5 heteroatoms. The van der Waals surface area contributed by atoms with Crippen LogP contribution in [0.25, 0.3) is 10.8 Å². The maximum atomic E-state index is 12.8.